The summed E-state index contributed by atoms with van der Waals surface area (Å²) in [6.45, 7) is 12.8. The fourth-order valence-corrected chi connectivity index (χ4v) is 4.35. The molecular formula is C30H40F3N5. The second kappa shape index (κ2) is 14.0. The van der Waals surface area contributed by atoms with Gasteiger partial charge in [-0.1, -0.05) is 84.0 Å². The molecule has 4 aromatic rings. The number of benzene rings is 2. The first-order chi connectivity index (χ1) is 18.2. The normalized spacial score (nSPS) is 12.7. The van der Waals surface area contributed by atoms with Gasteiger partial charge in [0.1, 0.15) is 22.9 Å². The molecule has 0 aliphatic rings. The van der Waals surface area contributed by atoms with Crippen molar-refractivity contribution in [3.05, 3.63) is 83.4 Å². The molecule has 2 atom stereocenters. The predicted molar refractivity (Wildman–Crippen MR) is 151 cm³/mol. The first kappa shape index (κ1) is 30.8. The van der Waals surface area contributed by atoms with Crippen LogP contribution in [0.2, 0.25) is 0 Å². The van der Waals surface area contributed by atoms with Crippen LogP contribution in [0.3, 0.4) is 0 Å². The monoisotopic (exact) mass is 527 g/mol. The van der Waals surface area contributed by atoms with Gasteiger partial charge >= 0.3 is 6.18 Å². The zero-order chi connectivity index (χ0) is 28.5. The van der Waals surface area contributed by atoms with Crippen molar-refractivity contribution in [3.63, 3.8) is 0 Å². The van der Waals surface area contributed by atoms with Crippen LogP contribution < -0.4 is 11.1 Å². The lowest BCUT2D eigenvalue weighted by molar-refractivity contribution is -0.137. The zero-order valence-corrected chi connectivity index (χ0v) is 23.4. The number of hydrogen-bond acceptors (Lipinski definition) is 4. The maximum Gasteiger partial charge on any atom is 0.416 e. The van der Waals surface area contributed by atoms with Crippen molar-refractivity contribution in [2.75, 3.05) is 19.3 Å². The van der Waals surface area contributed by atoms with Gasteiger partial charge in [0.05, 0.1) is 5.56 Å². The molecule has 0 aliphatic heterocycles. The molecular weight excluding hydrogens is 487 g/mol. The maximum absolute atomic E-state index is 13.1. The Morgan fingerprint density at radius 2 is 1.66 bits per heavy atom. The van der Waals surface area contributed by atoms with Crippen molar-refractivity contribution in [2.45, 2.75) is 66.0 Å². The molecule has 2 aromatic heterocycles. The van der Waals surface area contributed by atoms with E-state index < -0.39 is 11.7 Å². The topological polar surface area (TPSA) is 68.2 Å². The molecule has 4 rings (SSSR count). The first-order valence-electron chi connectivity index (χ1n) is 13.3. The van der Waals surface area contributed by atoms with Crippen LogP contribution in [0.5, 0.6) is 0 Å². The Morgan fingerprint density at radius 3 is 2.24 bits per heavy atom. The molecule has 3 N–H and O–H groups in total. The van der Waals surface area contributed by atoms with Gasteiger partial charge in [0, 0.05) is 36.3 Å². The summed E-state index contributed by atoms with van der Waals surface area (Å²) < 4.78 is 41.4. The average Bonchev–Trinajstić information content (AvgIpc) is 3.34. The minimum Gasteiger partial charge on any atom is -0.382 e. The van der Waals surface area contributed by atoms with Gasteiger partial charge in [0.15, 0.2) is 0 Å². The number of nitrogens with zero attached hydrogens (tertiary/aromatic N) is 3. The Labute approximate surface area is 224 Å². The number of aromatic nitrogens is 3. The number of halogens is 3. The predicted octanol–water partition coefficient (Wildman–Crippen LogP) is 7.91. The molecule has 0 aliphatic carbocycles. The SMILES string of the molecule is CC.CC.CC[C@@H](CNC)c1nc(-c2ccc([C@H](C)c3cccc(C(F)(F)F)c3)cc2)c2c(N)nccn12. The van der Waals surface area contributed by atoms with Gasteiger partial charge in [-0.3, -0.25) is 4.40 Å². The van der Waals surface area contributed by atoms with Crippen LogP contribution in [0, 0.1) is 0 Å². The molecule has 0 bridgehead atoms. The highest BCUT2D eigenvalue weighted by molar-refractivity contribution is 5.85. The van der Waals surface area contributed by atoms with E-state index in [0.29, 0.717) is 11.4 Å². The number of nitrogens with one attached hydrogen (secondary N) is 1. The molecule has 2 heterocycles. The molecule has 0 amide bonds. The molecule has 206 valence electrons. The van der Waals surface area contributed by atoms with Gasteiger partial charge in [-0.2, -0.15) is 13.2 Å². The highest BCUT2D eigenvalue weighted by atomic mass is 19.4. The molecule has 2 aromatic carbocycles. The number of anilines is 1. The number of fused-ring (bicyclic) bond motifs is 1. The van der Waals surface area contributed by atoms with Gasteiger partial charge in [-0.25, -0.2) is 9.97 Å². The number of imidazole rings is 1. The van der Waals surface area contributed by atoms with E-state index in [1.54, 1.807) is 12.3 Å². The summed E-state index contributed by atoms with van der Waals surface area (Å²) in [4.78, 5) is 9.22. The second-order valence-corrected chi connectivity index (χ2v) is 8.48. The summed E-state index contributed by atoms with van der Waals surface area (Å²) in [6, 6.07) is 13.2. The smallest absolute Gasteiger partial charge is 0.382 e. The highest BCUT2D eigenvalue weighted by Crippen LogP contribution is 2.35. The first-order valence-corrected chi connectivity index (χ1v) is 13.3. The molecule has 0 saturated carbocycles. The van der Waals surface area contributed by atoms with E-state index in [-0.39, 0.29) is 11.8 Å². The van der Waals surface area contributed by atoms with E-state index in [1.807, 2.05) is 76.5 Å². The van der Waals surface area contributed by atoms with E-state index in [1.165, 1.54) is 12.1 Å². The summed E-state index contributed by atoms with van der Waals surface area (Å²) in [5, 5.41) is 3.22. The van der Waals surface area contributed by atoms with Gasteiger partial charge < -0.3 is 11.1 Å². The summed E-state index contributed by atoms with van der Waals surface area (Å²) in [7, 11) is 1.92. The molecule has 0 fully saturated rings. The van der Waals surface area contributed by atoms with E-state index in [0.717, 1.165) is 47.2 Å². The minimum atomic E-state index is -4.36. The Kier molecular flexibility index (Phi) is 11.3. The summed E-state index contributed by atoms with van der Waals surface area (Å²) >= 11 is 0. The Hall–Kier alpha value is -3.39. The lowest BCUT2D eigenvalue weighted by atomic mass is 9.91. The molecule has 38 heavy (non-hydrogen) atoms. The Bertz CT molecular complexity index is 1280. The van der Waals surface area contributed by atoms with Gasteiger partial charge in [0.2, 0.25) is 0 Å². The van der Waals surface area contributed by atoms with E-state index >= 15 is 0 Å². The van der Waals surface area contributed by atoms with E-state index in [2.05, 4.69) is 17.2 Å². The van der Waals surface area contributed by atoms with Crippen molar-refractivity contribution in [1.82, 2.24) is 19.7 Å². The largest absolute Gasteiger partial charge is 0.416 e. The third-order valence-electron chi connectivity index (χ3n) is 6.32. The maximum atomic E-state index is 13.1. The minimum absolute atomic E-state index is 0.197. The molecule has 0 radical (unpaired) electrons. The van der Waals surface area contributed by atoms with Crippen LogP contribution in [0.4, 0.5) is 19.0 Å². The average molecular weight is 528 g/mol. The van der Waals surface area contributed by atoms with Gasteiger partial charge in [-0.15, -0.1) is 0 Å². The summed E-state index contributed by atoms with van der Waals surface area (Å²) in [6.07, 6.45) is 0.0926. The number of nitrogen functional groups attached to an aromatic ring is 1. The van der Waals surface area contributed by atoms with Crippen molar-refractivity contribution in [3.8, 4) is 11.3 Å². The third-order valence-corrected chi connectivity index (χ3v) is 6.32. The van der Waals surface area contributed by atoms with Crippen LogP contribution in [0.1, 0.15) is 82.3 Å². The van der Waals surface area contributed by atoms with Crippen LogP contribution in [0.15, 0.2) is 60.9 Å². The van der Waals surface area contributed by atoms with Crippen LogP contribution in [0.25, 0.3) is 16.8 Å². The van der Waals surface area contributed by atoms with Crippen LogP contribution >= 0.6 is 0 Å². The third kappa shape index (κ3) is 6.72. The van der Waals surface area contributed by atoms with Crippen molar-refractivity contribution >= 4 is 11.3 Å². The van der Waals surface area contributed by atoms with E-state index in [4.69, 9.17) is 10.7 Å². The molecule has 0 unspecified atom stereocenters. The Balaban J connectivity index is 0.00000121. The number of nitrogens with two attached hydrogens (primary N) is 1. The van der Waals surface area contributed by atoms with Crippen molar-refractivity contribution in [2.24, 2.45) is 0 Å². The summed E-state index contributed by atoms with van der Waals surface area (Å²) in [5.41, 5.74) is 9.52. The van der Waals surface area contributed by atoms with Gasteiger partial charge in [0.25, 0.3) is 0 Å². The number of hydrogen-bond donors (Lipinski definition) is 2. The lowest BCUT2D eigenvalue weighted by Crippen LogP contribution is -2.18. The summed E-state index contributed by atoms with van der Waals surface area (Å²) in [5.74, 6) is 1.32. The van der Waals surface area contributed by atoms with E-state index in [9.17, 15) is 13.2 Å². The molecule has 0 spiro atoms. The molecule has 0 saturated heterocycles. The zero-order valence-electron chi connectivity index (χ0n) is 23.4. The number of likely N-dealkylation sites (N-methyl/N-ethyl adjacent to an activating group) is 1. The highest BCUT2D eigenvalue weighted by Gasteiger charge is 2.30. The molecule has 5 nitrogen and oxygen atoms in total. The van der Waals surface area contributed by atoms with Crippen molar-refractivity contribution in [1.29, 1.82) is 0 Å². The number of rotatable bonds is 7. The van der Waals surface area contributed by atoms with Gasteiger partial charge in [-0.05, 0) is 30.7 Å². The lowest BCUT2D eigenvalue weighted by Gasteiger charge is -2.15. The Morgan fingerprint density at radius 1 is 1.00 bits per heavy atom. The fourth-order valence-electron chi connectivity index (χ4n) is 4.35. The fraction of sp³-hybridized carbons (Fsp3) is 0.400. The second-order valence-electron chi connectivity index (χ2n) is 8.48. The standard InChI is InChI=1S/C26H28F3N5.2C2H6/c1-4-17(15-31-3)25-33-22(23-24(30)32-12-13-34(23)25)19-10-8-18(9-11-19)16(2)20-6-5-7-21(14-20)26(27,28)29;2*1-2/h5-14,16-17,31H,4,15H2,1-3H3,(H2,30,32);2*1-2H3/t16-,17-;;/m0../s1. The van der Waals surface area contributed by atoms with Crippen LogP contribution in [-0.2, 0) is 6.18 Å². The van der Waals surface area contributed by atoms with Crippen molar-refractivity contribution < 1.29 is 13.2 Å². The molecule has 8 heteroatoms. The van der Waals surface area contributed by atoms with Crippen LogP contribution in [-0.4, -0.2) is 28.0 Å². The quantitative estimate of drug-likeness (QED) is 0.256. The number of alkyl halides is 3.